The van der Waals surface area contributed by atoms with E-state index in [9.17, 15) is 9.90 Å². The van der Waals surface area contributed by atoms with Crippen molar-refractivity contribution >= 4 is 33.3 Å². The first-order chi connectivity index (χ1) is 12.1. The predicted molar refractivity (Wildman–Crippen MR) is 102 cm³/mol. The van der Waals surface area contributed by atoms with Crippen molar-refractivity contribution in [2.75, 3.05) is 12.4 Å². The Morgan fingerprint density at radius 1 is 1.36 bits per heavy atom. The molecule has 3 aromatic rings. The van der Waals surface area contributed by atoms with Crippen LogP contribution in [0.1, 0.15) is 47.5 Å². The van der Waals surface area contributed by atoms with E-state index >= 15 is 0 Å². The minimum Gasteiger partial charge on any atom is -0.478 e. The molecule has 0 saturated heterocycles. The van der Waals surface area contributed by atoms with Crippen molar-refractivity contribution in [2.24, 2.45) is 7.05 Å². The number of thiazole rings is 1. The molecule has 0 aliphatic heterocycles. The monoisotopic (exact) mass is 355 g/mol. The van der Waals surface area contributed by atoms with Gasteiger partial charge in [-0.3, -0.25) is 0 Å². The molecule has 25 heavy (non-hydrogen) atoms. The van der Waals surface area contributed by atoms with Crippen molar-refractivity contribution in [1.82, 2.24) is 9.55 Å². The highest BCUT2D eigenvalue weighted by Crippen LogP contribution is 2.44. The van der Waals surface area contributed by atoms with Gasteiger partial charge in [0.25, 0.3) is 0 Å². The van der Waals surface area contributed by atoms with Crippen LogP contribution in [-0.4, -0.2) is 27.7 Å². The molecular formula is C19H21N3O2S. The molecular weight excluding hydrogens is 334 g/mol. The van der Waals surface area contributed by atoms with Gasteiger partial charge in [0.15, 0.2) is 5.13 Å². The Labute approximate surface area is 150 Å². The van der Waals surface area contributed by atoms with Gasteiger partial charge in [0.05, 0.1) is 11.3 Å². The smallest absolute Gasteiger partial charge is 0.335 e. The molecule has 0 amide bonds. The molecule has 5 nitrogen and oxygen atoms in total. The van der Waals surface area contributed by atoms with E-state index in [4.69, 9.17) is 4.98 Å². The zero-order valence-corrected chi connectivity index (χ0v) is 15.2. The van der Waals surface area contributed by atoms with Crippen LogP contribution in [-0.2, 0) is 7.05 Å². The minimum absolute atomic E-state index is 0.326. The van der Waals surface area contributed by atoms with Crippen molar-refractivity contribution in [3.8, 4) is 11.4 Å². The summed E-state index contributed by atoms with van der Waals surface area (Å²) in [4.78, 5) is 16.1. The first-order valence-electron chi connectivity index (χ1n) is 8.59. The van der Waals surface area contributed by atoms with E-state index in [-0.39, 0.29) is 0 Å². The standard InChI is InChI=1S/C19H21N3O2S/c1-20-19-21-14(10-25-19)17-16(11-5-3-4-6-11)13-8-7-12(18(23)24)9-15(13)22(17)2/h7-11H,3-6H2,1-2H3,(H,20,21)(H,23,24). The van der Waals surface area contributed by atoms with Gasteiger partial charge in [-0.25, -0.2) is 9.78 Å². The number of aromatic carboxylic acids is 1. The number of nitrogens with zero attached hydrogens (tertiary/aromatic N) is 2. The van der Waals surface area contributed by atoms with Crippen LogP contribution in [0, 0.1) is 0 Å². The highest BCUT2D eigenvalue weighted by atomic mass is 32.1. The number of aryl methyl sites for hydroxylation is 1. The molecule has 0 unspecified atom stereocenters. The van der Waals surface area contributed by atoms with Crippen molar-refractivity contribution in [3.63, 3.8) is 0 Å². The predicted octanol–water partition coefficient (Wildman–Crippen LogP) is 4.70. The van der Waals surface area contributed by atoms with Crippen LogP contribution in [0.3, 0.4) is 0 Å². The van der Waals surface area contributed by atoms with Gasteiger partial charge in [-0.1, -0.05) is 18.9 Å². The zero-order chi connectivity index (χ0) is 17.6. The second kappa shape index (κ2) is 6.19. The molecule has 1 saturated carbocycles. The topological polar surface area (TPSA) is 67.2 Å². The lowest BCUT2D eigenvalue weighted by Crippen LogP contribution is -1.99. The van der Waals surface area contributed by atoms with Gasteiger partial charge >= 0.3 is 5.97 Å². The number of hydrogen-bond donors (Lipinski definition) is 2. The number of benzene rings is 1. The molecule has 2 heterocycles. The Balaban J connectivity index is 1.99. The van der Waals surface area contributed by atoms with Gasteiger partial charge in [-0.15, -0.1) is 11.3 Å². The molecule has 0 spiro atoms. The van der Waals surface area contributed by atoms with E-state index in [2.05, 4.69) is 15.3 Å². The number of nitrogens with one attached hydrogen (secondary N) is 1. The van der Waals surface area contributed by atoms with E-state index in [0.29, 0.717) is 11.5 Å². The fraction of sp³-hybridized carbons (Fsp3) is 0.368. The number of fused-ring (bicyclic) bond motifs is 1. The Morgan fingerprint density at radius 2 is 2.12 bits per heavy atom. The quantitative estimate of drug-likeness (QED) is 0.712. The van der Waals surface area contributed by atoms with Crippen LogP contribution < -0.4 is 5.32 Å². The van der Waals surface area contributed by atoms with Gasteiger partial charge in [0.1, 0.15) is 5.69 Å². The van der Waals surface area contributed by atoms with Gasteiger partial charge in [-0.05, 0) is 36.5 Å². The third-order valence-electron chi connectivity index (χ3n) is 5.21. The molecule has 2 N–H and O–H groups in total. The number of carboxylic acids is 1. The maximum absolute atomic E-state index is 11.4. The minimum atomic E-state index is -0.891. The summed E-state index contributed by atoms with van der Waals surface area (Å²) in [5.41, 5.74) is 4.72. The SMILES string of the molecule is CNc1nc(-c2c(C3CCCC3)c3ccc(C(=O)O)cc3n2C)cs1. The fourth-order valence-corrected chi connectivity index (χ4v) is 4.69. The number of aromatic nitrogens is 2. The zero-order valence-electron chi connectivity index (χ0n) is 14.4. The Morgan fingerprint density at radius 3 is 2.76 bits per heavy atom. The Kier molecular flexibility index (Phi) is 4.00. The molecule has 0 atom stereocenters. The molecule has 1 fully saturated rings. The number of anilines is 1. The van der Waals surface area contributed by atoms with E-state index in [1.165, 1.54) is 31.2 Å². The third-order valence-corrected chi connectivity index (χ3v) is 6.07. The normalized spacial score (nSPS) is 15.1. The first kappa shape index (κ1) is 16.1. The second-order valence-corrected chi connectivity index (χ2v) is 7.49. The summed E-state index contributed by atoms with van der Waals surface area (Å²) >= 11 is 1.59. The number of rotatable bonds is 4. The highest BCUT2D eigenvalue weighted by Gasteiger charge is 2.27. The molecule has 2 aromatic heterocycles. The van der Waals surface area contributed by atoms with E-state index in [1.807, 2.05) is 20.2 Å². The molecule has 0 radical (unpaired) electrons. The Bertz CT molecular complexity index is 951. The molecule has 4 rings (SSSR count). The van der Waals surface area contributed by atoms with Crippen LogP contribution >= 0.6 is 11.3 Å². The van der Waals surface area contributed by atoms with E-state index in [0.717, 1.165) is 27.4 Å². The lowest BCUT2D eigenvalue weighted by Gasteiger charge is -2.12. The van der Waals surface area contributed by atoms with Gasteiger partial charge < -0.3 is 15.0 Å². The lowest BCUT2D eigenvalue weighted by molar-refractivity contribution is 0.0697. The molecule has 1 aliphatic rings. The summed E-state index contributed by atoms with van der Waals surface area (Å²) < 4.78 is 2.11. The third kappa shape index (κ3) is 2.61. The summed E-state index contributed by atoms with van der Waals surface area (Å²) in [5.74, 6) is -0.368. The molecule has 1 aliphatic carbocycles. The van der Waals surface area contributed by atoms with E-state index < -0.39 is 5.97 Å². The van der Waals surface area contributed by atoms with Crippen molar-refractivity contribution in [3.05, 3.63) is 34.7 Å². The summed E-state index contributed by atoms with van der Waals surface area (Å²) in [7, 11) is 3.89. The maximum atomic E-state index is 11.4. The number of carboxylic acid groups (broad SMARTS) is 1. The first-order valence-corrected chi connectivity index (χ1v) is 9.47. The lowest BCUT2D eigenvalue weighted by atomic mass is 9.93. The molecule has 6 heteroatoms. The molecule has 1 aromatic carbocycles. The average molecular weight is 355 g/mol. The number of hydrogen-bond acceptors (Lipinski definition) is 4. The fourth-order valence-electron chi connectivity index (χ4n) is 4.03. The number of carbonyl (C=O) groups is 1. The van der Waals surface area contributed by atoms with Crippen LogP contribution in [0.5, 0.6) is 0 Å². The molecule has 0 bridgehead atoms. The van der Waals surface area contributed by atoms with Crippen LogP contribution in [0.4, 0.5) is 5.13 Å². The van der Waals surface area contributed by atoms with Crippen LogP contribution in [0.2, 0.25) is 0 Å². The van der Waals surface area contributed by atoms with Crippen LogP contribution in [0.15, 0.2) is 23.6 Å². The average Bonchev–Trinajstić information content (AvgIpc) is 3.33. The van der Waals surface area contributed by atoms with Gasteiger partial charge in [-0.2, -0.15) is 0 Å². The second-order valence-electron chi connectivity index (χ2n) is 6.63. The van der Waals surface area contributed by atoms with Crippen LogP contribution in [0.25, 0.3) is 22.3 Å². The summed E-state index contributed by atoms with van der Waals surface area (Å²) in [6, 6.07) is 5.47. The van der Waals surface area contributed by atoms with Gasteiger partial charge in [0, 0.05) is 30.4 Å². The van der Waals surface area contributed by atoms with Crippen molar-refractivity contribution < 1.29 is 9.90 Å². The maximum Gasteiger partial charge on any atom is 0.335 e. The van der Waals surface area contributed by atoms with E-state index in [1.54, 1.807) is 23.5 Å². The summed E-state index contributed by atoms with van der Waals surface area (Å²) in [5, 5.41) is 16.6. The van der Waals surface area contributed by atoms with Gasteiger partial charge in [0.2, 0.25) is 0 Å². The Hall–Kier alpha value is -2.34. The van der Waals surface area contributed by atoms with Crippen molar-refractivity contribution in [1.29, 1.82) is 0 Å². The largest absolute Gasteiger partial charge is 0.478 e. The molecule has 130 valence electrons. The summed E-state index contributed by atoms with van der Waals surface area (Å²) in [6.07, 6.45) is 4.89. The highest BCUT2D eigenvalue weighted by molar-refractivity contribution is 7.14. The summed E-state index contributed by atoms with van der Waals surface area (Å²) in [6.45, 7) is 0. The van der Waals surface area contributed by atoms with Crippen molar-refractivity contribution in [2.45, 2.75) is 31.6 Å².